The summed E-state index contributed by atoms with van der Waals surface area (Å²) in [5, 5.41) is 13.0. The van der Waals surface area contributed by atoms with Gasteiger partial charge in [-0.2, -0.15) is 0 Å². The number of hydrogen-bond acceptors (Lipinski definition) is 5. The molecule has 2 heterocycles. The van der Waals surface area contributed by atoms with E-state index in [1.54, 1.807) is 40.8 Å². The summed E-state index contributed by atoms with van der Waals surface area (Å²) in [7, 11) is 0. The predicted octanol–water partition coefficient (Wildman–Crippen LogP) is 4.27. The van der Waals surface area contributed by atoms with Gasteiger partial charge in [-0.05, 0) is 30.3 Å². The minimum Gasteiger partial charge on any atom is -0.325 e. The van der Waals surface area contributed by atoms with Gasteiger partial charge in [-0.25, -0.2) is 0 Å². The van der Waals surface area contributed by atoms with Crippen molar-refractivity contribution in [3.05, 3.63) is 75.5 Å². The van der Waals surface area contributed by atoms with E-state index in [0.29, 0.717) is 44.1 Å². The zero-order valence-electron chi connectivity index (χ0n) is 15.5. The lowest BCUT2D eigenvalue weighted by molar-refractivity contribution is -0.113. The van der Waals surface area contributed by atoms with Gasteiger partial charge in [0.15, 0.2) is 5.16 Å². The maximum Gasteiger partial charge on any atom is 0.263 e. The van der Waals surface area contributed by atoms with Crippen molar-refractivity contribution in [2.75, 3.05) is 11.1 Å². The highest BCUT2D eigenvalue weighted by Crippen LogP contribution is 2.26. The molecule has 0 aliphatic rings. The second-order valence-electron chi connectivity index (χ2n) is 6.31. The molecule has 0 bridgehead atoms. The first-order valence-corrected chi connectivity index (χ1v) is 10.6. The molecule has 0 unspecified atom stereocenters. The number of amides is 1. The van der Waals surface area contributed by atoms with Crippen molar-refractivity contribution in [3.8, 4) is 0 Å². The summed E-state index contributed by atoms with van der Waals surface area (Å²) in [6.45, 7) is 4.01. The zero-order valence-corrected chi connectivity index (χ0v) is 17.8. The second-order valence-corrected chi connectivity index (χ2v) is 8.06. The number of aromatic nitrogens is 4. The molecule has 0 aliphatic heterocycles. The first kappa shape index (κ1) is 20.5. The average Bonchev–Trinajstić information content (AvgIpc) is 3.16. The van der Waals surface area contributed by atoms with Crippen molar-refractivity contribution in [1.82, 2.24) is 19.2 Å². The topological polar surface area (TPSA) is 81.3 Å². The van der Waals surface area contributed by atoms with Gasteiger partial charge < -0.3 is 5.32 Å². The number of hydrogen-bond donors (Lipinski definition) is 1. The summed E-state index contributed by atoms with van der Waals surface area (Å²) in [5.74, 6) is 0.250. The summed E-state index contributed by atoms with van der Waals surface area (Å²) in [4.78, 5) is 25.2. The van der Waals surface area contributed by atoms with Crippen molar-refractivity contribution < 1.29 is 4.79 Å². The van der Waals surface area contributed by atoms with Gasteiger partial charge in [0.1, 0.15) is 0 Å². The quantitative estimate of drug-likeness (QED) is 0.344. The number of nitrogens with one attached hydrogen (secondary N) is 1. The molecule has 0 radical (unpaired) electrons. The fourth-order valence-corrected chi connectivity index (χ4v) is 4.06. The van der Waals surface area contributed by atoms with Crippen LogP contribution < -0.4 is 10.9 Å². The first-order valence-electron chi connectivity index (χ1n) is 8.85. The molecule has 1 N–H and O–H groups in total. The molecule has 0 saturated carbocycles. The SMILES string of the molecule is C=CCn1c(=O)c2ccccc2n2c(SCC(=O)Nc3ccc(Cl)c(Cl)c3)nnc12. The third-order valence-corrected chi connectivity index (χ3v) is 5.99. The Morgan fingerprint density at radius 3 is 2.73 bits per heavy atom. The van der Waals surface area contributed by atoms with E-state index in [4.69, 9.17) is 23.2 Å². The first-order chi connectivity index (χ1) is 14.5. The van der Waals surface area contributed by atoms with Gasteiger partial charge in [-0.3, -0.25) is 18.6 Å². The molecule has 4 rings (SSSR count). The van der Waals surface area contributed by atoms with E-state index in [1.807, 2.05) is 12.1 Å². The summed E-state index contributed by atoms with van der Waals surface area (Å²) in [5.41, 5.74) is 1.06. The number of benzene rings is 2. The second kappa shape index (κ2) is 8.51. The van der Waals surface area contributed by atoms with Crippen molar-refractivity contribution >= 4 is 63.2 Å². The van der Waals surface area contributed by atoms with Crippen LogP contribution in [-0.4, -0.2) is 30.8 Å². The molecule has 0 spiro atoms. The van der Waals surface area contributed by atoms with E-state index in [1.165, 1.54) is 16.3 Å². The van der Waals surface area contributed by atoms with Crippen LogP contribution in [0.15, 0.2) is 65.1 Å². The van der Waals surface area contributed by atoms with Gasteiger partial charge in [-0.1, -0.05) is 53.2 Å². The van der Waals surface area contributed by atoms with E-state index in [2.05, 4.69) is 22.1 Å². The molecule has 0 aliphatic carbocycles. The molecule has 7 nitrogen and oxygen atoms in total. The Morgan fingerprint density at radius 1 is 1.17 bits per heavy atom. The Morgan fingerprint density at radius 2 is 1.97 bits per heavy atom. The van der Waals surface area contributed by atoms with Gasteiger partial charge in [0, 0.05) is 12.2 Å². The minimum atomic E-state index is -0.237. The lowest BCUT2D eigenvalue weighted by atomic mass is 10.2. The van der Waals surface area contributed by atoms with Crippen LogP contribution in [0.25, 0.3) is 16.7 Å². The van der Waals surface area contributed by atoms with E-state index in [0.717, 1.165) is 0 Å². The lowest BCUT2D eigenvalue weighted by Gasteiger charge is -2.10. The van der Waals surface area contributed by atoms with Gasteiger partial charge in [0.05, 0.1) is 26.7 Å². The van der Waals surface area contributed by atoms with Crippen molar-refractivity contribution in [1.29, 1.82) is 0 Å². The Hall–Kier alpha value is -2.81. The van der Waals surface area contributed by atoms with E-state index < -0.39 is 0 Å². The van der Waals surface area contributed by atoms with Crippen LogP contribution in [0.5, 0.6) is 0 Å². The number of allylic oxidation sites excluding steroid dienone is 1. The number of rotatable bonds is 6. The Bertz CT molecular complexity index is 1350. The highest BCUT2D eigenvalue weighted by atomic mass is 35.5. The largest absolute Gasteiger partial charge is 0.325 e. The van der Waals surface area contributed by atoms with Crippen molar-refractivity contribution in [3.63, 3.8) is 0 Å². The summed E-state index contributed by atoms with van der Waals surface area (Å²) < 4.78 is 3.28. The molecule has 0 saturated heterocycles. The number of carbonyl (C=O) groups excluding carboxylic acids is 1. The molecular formula is C20H15Cl2N5O2S. The fraction of sp³-hybridized carbons (Fsp3) is 0.100. The van der Waals surface area contributed by atoms with Crippen LogP contribution in [0.4, 0.5) is 5.69 Å². The number of carbonyl (C=O) groups is 1. The maximum absolute atomic E-state index is 12.8. The molecule has 1 amide bonds. The number of nitrogens with zero attached hydrogens (tertiary/aromatic N) is 4. The van der Waals surface area contributed by atoms with Gasteiger partial charge >= 0.3 is 0 Å². The molecular weight excluding hydrogens is 445 g/mol. The lowest BCUT2D eigenvalue weighted by Crippen LogP contribution is -2.22. The number of fused-ring (bicyclic) bond motifs is 3. The monoisotopic (exact) mass is 459 g/mol. The Kier molecular flexibility index (Phi) is 5.80. The smallest absolute Gasteiger partial charge is 0.263 e. The third kappa shape index (κ3) is 3.81. The van der Waals surface area contributed by atoms with Crippen LogP contribution in [0.2, 0.25) is 10.0 Å². The number of anilines is 1. The summed E-state index contributed by atoms with van der Waals surface area (Å²) >= 11 is 13.1. The number of halogens is 2. The molecule has 0 atom stereocenters. The number of thioether (sulfide) groups is 1. The zero-order chi connectivity index (χ0) is 21.3. The van der Waals surface area contributed by atoms with E-state index in [9.17, 15) is 9.59 Å². The third-order valence-electron chi connectivity index (χ3n) is 4.33. The highest BCUT2D eigenvalue weighted by molar-refractivity contribution is 7.99. The minimum absolute atomic E-state index is 0.0932. The molecule has 152 valence electrons. The van der Waals surface area contributed by atoms with Crippen LogP contribution >= 0.6 is 35.0 Å². The molecule has 10 heteroatoms. The van der Waals surface area contributed by atoms with Gasteiger partial charge in [0.25, 0.3) is 5.56 Å². The standard InChI is InChI=1S/C20H15Cl2N5O2S/c1-2-9-26-18(29)13-5-3-4-6-16(13)27-19(26)24-25-20(27)30-11-17(28)23-12-7-8-14(21)15(22)10-12/h2-8,10H,1,9,11H2,(H,23,28). The maximum atomic E-state index is 12.8. The molecule has 4 aromatic rings. The van der Waals surface area contributed by atoms with Crippen molar-refractivity contribution in [2.45, 2.75) is 11.7 Å². The molecule has 2 aromatic heterocycles. The average molecular weight is 460 g/mol. The van der Waals surface area contributed by atoms with Crippen LogP contribution in [0.3, 0.4) is 0 Å². The van der Waals surface area contributed by atoms with Crippen LogP contribution in [0.1, 0.15) is 0 Å². The Balaban J connectivity index is 1.65. The van der Waals surface area contributed by atoms with Crippen LogP contribution in [0, 0.1) is 0 Å². The van der Waals surface area contributed by atoms with E-state index >= 15 is 0 Å². The molecule has 0 fully saturated rings. The summed E-state index contributed by atoms with van der Waals surface area (Å²) in [6.07, 6.45) is 1.63. The fourth-order valence-electron chi connectivity index (χ4n) is 3.02. The normalized spacial score (nSPS) is 11.1. The van der Waals surface area contributed by atoms with Gasteiger partial charge in [-0.15, -0.1) is 16.8 Å². The van der Waals surface area contributed by atoms with E-state index in [-0.39, 0.29) is 17.2 Å². The molecule has 30 heavy (non-hydrogen) atoms. The summed E-state index contributed by atoms with van der Waals surface area (Å²) in [6, 6.07) is 12.1. The van der Waals surface area contributed by atoms with Gasteiger partial charge in [0.2, 0.25) is 11.7 Å². The Labute approximate surface area is 185 Å². The highest BCUT2D eigenvalue weighted by Gasteiger charge is 2.17. The molecule has 2 aromatic carbocycles. The van der Waals surface area contributed by atoms with Crippen molar-refractivity contribution in [2.24, 2.45) is 0 Å². The predicted molar refractivity (Wildman–Crippen MR) is 121 cm³/mol. The number of para-hydroxylation sites is 1. The van der Waals surface area contributed by atoms with Crippen LogP contribution in [-0.2, 0) is 11.3 Å².